The highest BCUT2D eigenvalue weighted by Gasteiger charge is 1.99. The Morgan fingerprint density at radius 2 is 1.95 bits per heavy atom. The highest BCUT2D eigenvalue weighted by atomic mass is 16.2. The number of aliphatic hydroxyl groups excluding tert-OH is 1. The minimum Gasteiger partial charge on any atom is -0.395 e. The van der Waals surface area contributed by atoms with Crippen molar-refractivity contribution in [2.45, 2.75) is 19.9 Å². The molecule has 0 radical (unpaired) electrons. The molecule has 1 heterocycles. The first-order chi connectivity index (χ1) is 9.69. The van der Waals surface area contributed by atoms with Gasteiger partial charge in [-0.1, -0.05) is 24.0 Å². The molecule has 1 aromatic heterocycles. The first-order valence-corrected chi connectivity index (χ1v) is 6.42. The fourth-order valence-corrected chi connectivity index (χ4v) is 1.75. The van der Waals surface area contributed by atoms with E-state index in [1.807, 2.05) is 31.2 Å². The van der Waals surface area contributed by atoms with Crippen LogP contribution in [0.25, 0.3) is 0 Å². The lowest BCUT2D eigenvalue weighted by Crippen LogP contribution is -2.22. The van der Waals surface area contributed by atoms with Gasteiger partial charge in [0.25, 0.3) is 5.56 Å². The SMILES string of the molecule is Cc1ccc(=O)n(Cc2ccc(C#CCCO)cc2)n1. The molecular formula is C16H16N2O2. The van der Waals surface area contributed by atoms with Crippen LogP contribution in [0, 0.1) is 18.8 Å². The normalized spacial score (nSPS) is 9.90. The summed E-state index contributed by atoms with van der Waals surface area (Å²) in [6.45, 7) is 2.38. The zero-order valence-electron chi connectivity index (χ0n) is 11.3. The van der Waals surface area contributed by atoms with E-state index in [0.29, 0.717) is 13.0 Å². The molecule has 0 saturated heterocycles. The number of aryl methyl sites for hydroxylation is 1. The van der Waals surface area contributed by atoms with Crippen LogP contribution in [0.3, 0.4) is 0 Å². The minimum absolute atomic E-state index is 0.0764. The number of hydrogen-bond acceptors (Lipinski definition) is 3. The van der Waals surface area contributed by atoms with E-state index in [0.717, 1.165) is 16.8 Å². The number of benzene rings is 1. The fraction of sp³-hybridized carbons (Fsp3) is 0.250. The number of hydrogen-bond donors (Lipinski definition) is 1. The van der Waals surface area contributed by atoms with Gasteiger partial charge in [-0.05, 0) is 30.7 Å². The van der Waals surface area contributed by atoms with E-state index in [2.05, 4.69) is 16.9 Å². The Morgan fingerprint density at radius 3 is 2.65 bits per heavy atom. The van der Waals surface area contributed by atoms with Crippen LogP contribution in [0.5, 0.6) is 0 Å². The monoisotopic (exact) mass is 268 g/mol. The molecule has 4 heteroatoms. The van der Waals surface area contributed by atoms with Gasteiger partial charge in [0.2, 0.25) is 0 Å². The van der Waals surface area contributed by atoms with Gasteiger partial charge in [-0.15, -0.1) is 0 Å². The van der Waals surface area contributed by atoms with Crippen LogP contribution >= 0.6 is 0 Å². The molecule has 1 aromatic carbocycles. The van der Waals surface area contributed by atoms with Gasteiger partial charge in [0.1, 0.15) is 0 Å². The summed E-state index contributed by atoms with van der Waals surface area (Å²) >= 11 is 0. The molecule has 4 nitrogen and oxygen atoms in total. The van der Waals surface area contributed by atoms with Crippen molar-refractivity contribution in [3.63, 3.8) is 0 Å². The molecule has 0 spiro atoms. The van der Waals surface area contributed by atoms with Crippen molar-refractivity contribution in [1.82, 2.24) is 9.78 Å². The summed E-state index contributed by atoms with van der Waals surface area (Å²) < 4.78 is 1.45. The number of aliphatic hydroxyl groups is 1. The Labute approximate surface area is 117 Å². The highest BCUT2D eigenvalue weighted by molar-refractivity contribution is 5.36. The van der Waals surface area contributed by atoms with E-state index in [4.69, 9.17) is 5.11 Å². The van der Waals surface area contributed by atoms with Crippen molar-refractivity contribution in [2.24, 2.45) is 0 Å². The number of nitrogens with zero attached hydrogens (tertiary/aromatic N) is 2. The molecule has 2 rings (SSSR count). The summed E-state index contributed by atoms with van der Waals surface area (Å²) in [6.07, 6.45) is 0.477. The highest BCUT2D eigenvalue weighted by Crippen LogP contribution is 2.04. The molecule has 0 fully saturated rings. The number of rotatable bonds is 3. The van der Waals surface area contributed by atoms with E-state index in [9.17, 15) is 4.79 Å². The largest absolute Gasteiger partial charge is 0.395 e. The van der Waals surface area contributed by atoms with Crippen LogP contribution in [0.1, 0.15) is 23.2 Å². The van der Waals surface area contributed by atoms with E-state index in [1.54, 1.807) is 6.07 Å². The third kappa shape index (κ3) is 3.81. The van der Waals surface area contributed by atoms with E-state index >= 15 is 0 Å². The molecule has 0 amide bonds. The van der Waals surface area contributed by atoms with Crippen LogP contribution in [0.2, 0.25) is 0 Å². The van der Waals surface area contributed by atoms with Crippen LogP contribution in [-0.4, -0.2) is 21.5 Å². The third-order valence-corrected chi connectivity index (χ3v) is 2.76. The average Bonchev–Trinajstić information content (AvgIpc) is 2.45. The molecule has 2 aromatic rings. The Kier molecular flexibility index (Phi) is 4.70. The first-order valence-electron chi connectivity index (χ1n) is 6.42. The predicted octanol–water partition coefficient (Wildman–Crippen LogP) is 1.33. The smallest absolute Gasteiger partial charge is 0.267 e. The molecule has 20 heavy (non-hydrogen) atoms. The summed E-state index contributed by atoms with van der Waals surface area (Å²) in [6, 6.07) is 10.9. The van der Waals surface area contributed by atoms with Gasteiger partial charge < -0.3 is 5.11 Å². The van der Waals surface area contributed by atoms with Crippen molar-refractivity contribution >= 4 is 0 Å². The quantitative estimate of drug-likeness (QED) is 0.855. The second kappa shape index (κ2) is 6.69. The lowest BCUT2D eigenvalue weighted by Gasteiger charge is -2.05. The first kappa shape index (κ1) is 14.0. The van der Waals surface area contributed by atoms with Gasteiger partial charge in [-0.2, -0.15) is 5.10 Å². The van der Waals surface area contributed by atoms with Crippen LogP contribution in [-0.2, 0) is 6.54 Å². The van der Waals surface area contributed by atoms with E-state index in [-0.39, 0.29) is 12.2 Å². The standard InChI is InChI=1S/C16H16N2O2/c1-13-5-10-16(20)18(17-13)12-15-8-6-14(7-9-15)4-2-3-11-19/h5-10,19H,3,11-12H2,1H3. The molecule has 102 valence electrons. The summed E-state index contributed by atoms with van der Waals surface area (Å²) in [5.74, 6) is 5.83. The molecule has 0 aliphatic heterocycles. The van der Waals surface area contributed by atoms with Crippen molar-refractivity contribution in [2.75, 3.05) is 6.61 Å². The second-order valence-electron chi connectivity index (χ2n) is 4.44. The molecule has 0 unspecified atom stereocenters. The Balaban J connectivity index is 2.13. The zero-order valence-corrected chi connectivity index (χ0v) is 11.3. The third-order valence-electron chi connectivity index (χ3n) is 2.76. The average molecular weight is 268 g/mol. The lowest BCUT2D eigenvalue weighted by atomic mass is 10.1. The van der Waals surface area contributed by atoms with Crippen LogP contribution in [0.15, 0.2) is 41.2 Å². The van der Waals surface area contributed by atoms with Gasteiger partial charge in [-0.3, -0.25) is 4.79 Å². The van der Waals surface area contributed by atoms with Crippen molar-refractivity contribution in [1.29, 1.82) is 0 Å². The molecule has 0 aliphatic rings. The summed E-state index contributed by atoms with van der Waals surface area (Å²) in [4.78, 5) is 11.7. The van der Waals surface area contributed by atoms with Gasteiger partial charge in [0.05, 0.1) is 18.8 Å². The van der Waals surface area contributed by atoms with Crippen molar-refractivity contribution in [3.8, 4) is 11.8 Å². The van der Waals surface area contributed by atoms with E-state index < -0.39 is 0 Å². The second-order valence-corrected chi connectivity index (χ2v) is 4.44. The number of aromatic nitrogens is 2. The topological polar surface area (TPSA) is 55.1 Å². The summed E-state index contributed by atoms with van der Waals surface area (Å²) in [5, 5.41) is 12.9. The maximum absolute atomic E-state index is 11.7. The Morgan fingerprint density at radius 1 is 1.20 bits per heavy atom. The van der Waals surface area contributed by atoms with Gasteiger partial charge in [0.15, 0.2) is 0 Å². The maximum Gasteiger partial charge on any atom is 0.267 e. The fourth-order valence-electron chi connectivity index (χ4n) is 1.75. The van der Waals surface area contributed by atoms with Crippen molar-refractivity contribution < 1.29 is 5.11 Å². The van der Waals surface area contributed by atoms with Crippen LogP contribution < -0.4 is 5.56 Å². The molecule has 0 aliphatic carbocycles. The summed E-state index contributed by atoms with van der Waals surface area (Å²) in [5.41, 5.74) is 2.60. The molecule has 1 N–H and O–H groups in total. The van der Waals surface area contributed by atoms with Gasteiger partial charge >= 0.3 is 0 Å². The van der Waals surface area contributed by atoms with Crippen molar-refractivity contribution in [3.05, 3.63) is 63.6 Å². The Bertz CT molecular complexity index is 691. The zero-order chi connectivity index (χ0) is 14.4. The molecule has 0 atom stereocenters. The van der Waals surface area contributed by atoms with E-state index in [1.165, 1.54) is 10.7 Å². The van der Waals surface area contributed by atoms with Gasteiger partial charge in [0, 0.05) is 18.1 Å². The predicted molar refractivity (Wildman–Crippen MR) is 77.4 cm³/mol. The maximum atomic E-state index is 11.7. The summed E-state index contributed by atoms with van der Waals surface area (Å²) in [7, 11) is 0. The Hall–Kier alpha value is -2.38. The molecule has 0 bridgehead atoms. The van der Waals surface area contributed by atoms with Crippen LogP contribution in [0.4, 0.5) is 0 Å². The minimum atomic E-state index is -0.109. The lowest BCUT2D eigenvalue weighted by molar-refractivity contribution is 0.305. The molecular weight excluding hydrogens is 252 g/mol. The molecule has 0 saturated carbocycles. The van der Waals surface area contributed by atoms with Gasteiger partial charge in [-0.25, -0.2) is 4.68 Å².